The van der Waals surface area contributed by atoms with E-state index in [0.29, 0.717) is 17.9 Å². The Hall–Kier alpha value is -1.70. The molecule has 8 heteroatoms. The van der Waals surface area contributed by atoms with E-state index in [1.165, 1.54) is 6.42 Å². The number of nitrogens with one attached hydrogen (secondary N) is 1. The highest BCUT2D eigenvalue weighted by atomic mass is 32.2. The zero-order valence-corrected chi connectivity index (χ0v) is 14.8. The zero-order chi connectivity index (χ0) is 17.2. The summed E-state index contributed by atoms with van der Waals surface area (Å²) in [6.07, 6.45) is 4.78. The van der Waals surface area contributed by atoms with Gasteiger partial charge in [-0.15, -0.1) is 10.2 Å². The van der Waals surface area contributed by atoms with Crippen molar-refractivity contribution in [3.63, 3.8) is 0 Å². The highest BCUT2D eigenvalue weighted by Gasteiger charge is 2.29. The van der Waals surface area contributed by atoms with Gasteiger partial charge in [0, 0.05) is 18.6 Å². The van der Waals surface area contributed by atoms with Gasteiger partial charge in [-0.3, -0.25) is 4.79 Å². The molecule has 0 bridgehead atoms. The summed E-state index contributed by atoms with van der Waals surface area (Å²) in [5.74, 6) is 0.784. The van der Waals surface area contributed by atoms with Crippen LogP contribution < -0.4 is 5.32 Å². The van der Waals surface area contributed by atoms with Gasteiger partial charge in [0.25, 0.3) is 5.91 Å². The normalized spacial score (nSPS) is 26.3. The van der Waals surface area contributed by atoms with Crippen molar-refractivity contribution in [3.05, 3.63) is 17.8 Å². The average Bonchev–Trinajstić information content (AvgIpc) is 2.93. The summed E-state index contributed by atoms with van der Waals surface area (Å²) in [4.78, 5) is 14.5. The Bertz CT molecular complexity index is 690. The monoisotopic (exact) mass is 352 g/mol. The van der Waals surface area contributed by atoms with Crippen LogP contribution in [0.15, 0.2) is 12.1 Å². The topological polar surface area (TPSA) is 92.3 Å². The van der Waals surface area contributed by atoms with Crippen LogP contribution >= 0.6 is 0 Å². The Morgan fingerprint density at radius 2 is 2.12 bits per heavy atom. The molecule has 24 heavy (non-hydrogen) atoms. The maximum Gasteiger partial charge on any atom is 0.274 e. The fourth-order valence-corrected chi connectivity index (χ4v) is 5.15. The molecule has 1 aromatic heterocycles. The molecular formula is C16H24N4O3S. The summed E-state index contributed by atoms with van der Waals surface area (Å²) in [7, 11) is -2.93. The van der Waals surface area contributed by atoms with E-state index in [1.54, 1.807) is 12.1 Å². The number of aromatic nitrogens is 2. The Morgan fingerprint density at radius 3 is 2.75 bits per heavy atom. The van der Waals surface area contributed by atoms with Crippen molar-refractivity contribution < 1.29 is 13.2 Å². The number of hydrogen-bond donors (Lipinski definition) is 1. The van der Waals surface area contributed by atoms with Crippen LogP contribution in [0.25, 0.3) is 0 Å². The van der Waals surface area contributed by atoms with E-state index >= 15 is 0 Å². The van der Waals surface area contributed by atoms with Gasteiger partial charge in [-0.1, -0.05) is 6.92 Å². The van der Waals surface area contributed by atoms with Gasteiger partial charge in [-0.25, -0.2) is 8.42 Å². The molecule has 2 aliphatic rings. The maximum absolute atomic E-state index is 12.6. The molecule has 0 radical (unpaired) electrons. The van der Waals surface area contributed by atoms with Gasteiger partial charge in [0.1, 0.15) is 5.82 Å². The van der Waals surface area contributed by atoms with Crippen LogP contribution in [0.1, 0.15) is 49.5 Å². The van der Waals surface area contributed by atoms with Crippen LogP contribution in [-0.2, 0) is 9.84 Å². The third-order valence-electron chi connectivity index (χ3n) is 4.83. The minimum Gasteiger partial charge on any atom is -0.365 e. The number of anilines is 1. The third kappa shape index (κ3) is 3.85. The molecular weight excluding hydrogens is 328 g/mol. The van der Waals surface area contributed by atoms with Crippen molar-refractivity contribution >= 4 is 21.6 Å². The van der Waals surface area contributed by atoms with E-state index in [2.05, 4.69) is 22.4 Å². The number of carbonyl (C=O) groups excluding carboxylic acids is 1. The Morgan fingerprint density at radius 1 is 1.29 bits per heavy atom. The van der Waals surface area contributed by atoms with Gasteiger partial charge >= 0.3 is 0 Å². The number of nitrogens with zero attached hydrogens (tertiary/aromatic N) is 3. The van der Waals surface area contributed by atoms with E-state index in [4.69, 9.17) is 0 Å². The van der Waals surface area contributed by atoms with Gasteiger partial charge < -0.3 is 10.2 Å². The van der Waals surface area contributed by atoms with Crippen molar-refractivity contribution in [3.8, 4) is 0 Å². The lowest BCUT2D eigenvalue weighted by molar-refractivity contribution is 0.0601. The molecule has 132 valence electrons. The smallest absolute Gasteiger partial charge is 0.274 e. The quantitative estimate of drug-likeness (QED) is 0.882. The molecule has 3 rings (SSSR count). The summed E-state index contributed by atoms with van der Waals surface area (Å²) in [5, 5.41) is 11.2. The van der Waals surface area contributed by atoms with E-state index < -0.39 is 9.84 Å². The van der Waals surface area contributed by atoms with E-state index in [9.17, 15) is 13.2 Å². The Balaban J connectivity index is 1.64. The van der Waals surface area contributed by atoms with Crippen molar-refractivity contribution in [2.24, 2.45) is 0 Å². The summed E-state index contributed by atoms with van der Waals surface area (Å²) >= 11 is 0. The first-order valence-corrected chi connectivity index (χ1v) is 10.4. The van der Waals surface area contributed by atoms with Crippen LogP contribution in [-0.4, -0.2) is 59.6 Å². The van der Waals surface area contributed by atoms with Gasteiger partial charge in [0.05, 0.1) is 11.5 Å². The van der Waals surface area contributed by atoms with Gasteiger partial charge in [0.15, 0.2) is 15.5 Å². The highest BCUT2D eigenvalue weighted by Crippen LogP contribution is 2.21. The number of amides is 1. The third-order valence-corrected chi connectivity index (χ3v) is 6.60. The molecule has 2 fully saturated rings. The second kappa shape index (κ2) is 7.04. The minimum absolute atomic E-state index is 0.0657. The highest BCUT2D eigenvalue weighted by molar-refractivity contribution is 7.91. The molecule has 1 aromatic rings. The molecule has 3 heterocycles. The van der Waals surface area contributed by atoms with E-state index in [1.807, 2.05) is 4.90 Å². The number of sulfone groups is 1. The second-order valence-electron chi connectivity index (χ2n) is 6.60. The van der Waals surface area contributed by atoms with Crippen molar-refractivity contribution in [1.82, 2.24) is 15.1 Å². The number of rotatable bonds is 4. The lowest BCUT2D eigenvalue weighted by Crippen LogP contribution is -2.43. The maximum atomic E-state index is 12.6. The zero-order valence-electron chi connectivity index (χ0n) is 13.9. The predicted molar refractivity (Wildman–Crippen MR) is 91.7 cm³/mol. The molecule has 2 unspecified atom stereocenters. The number of hydrogen-bond acceptors (Lipinski definition) is 6. The largest absolute Gasteiger partial charge is 0.365 e. The molecule has 1 N–H and O–H groups in total. The molecule has 2 atom stereocenters. The molecule has 7 nitrogen and oxygen atoms in total. The summed E-state index contributed by atoms with van der Waals surface area (Å²) in [6, 6.07) is 3.53. The first-order chi connectivity index (χ1) is 11.5. The summed E-state index contributed by atoms with van der Waals surface area (Å²) < 4.78 is 23.0. The van der Waals surface area contributed by atoms with Crippen molar-refractivity contribution in [1.29, 1.82) is 0 Å². The second-order valence-corrected chi connectivity index (χ2v) is 8.83. The molecule has 0 aliphatic carbocycles. The molecule has 1 amide bonds. The molecule has 2 saturated heterocycles. The predicted octanol–water partition coefficient (Wildman–Crippen LogP) is 1.48. The van der Waals surface area contributed by atoms with Gasteiger partial charge in [0.2, 0.25) is 0 Å². The van der Waals surface area contributed by atoms with Crippen LogP contribution in [0.5, 0.6) is 0 Å². The fourth-order valence-electron chi connectivity index (χ4n) is 3.48. The summed E-state index contributed by atoms with van der Waals surface area (Å²) in [5.41, 5.74) is 0.347. The van der Waals surface area contributed by atoms with Crippen LogP contribution in [0.4, 0.5) is 5.82 Å². The minimum atomic E-state index is -2.93. The van der Waals surface area contributed by atoms with Crippen LogP contribution in [0, 0.1) is 0 Å². The molecule has 0 saturated carbocycles. The van der Waals surface area contributed by atoms with E-state index in [0.717, 1.165) is 25.8 Å². The SMILES string of the molecule is CCC1CCCCN1C(=O)c1ccc(NC2CCS(=O)(=O)C2)nn1. The van der Waals surface area contributed by atoms with Gasteiger partial charge in [-0.2, -0.15) is 0 Å². The van der Waals surface area contributed by atoms with E-state index in [-0.39, 0.29) is 29.5 Å². The first kappa shape index (κ1) is 17.1. The molecule has 2 aliphatic heterocycles. The van der Waals surface area contributed by atoms with Crippen LogP contribution in [0.3, 0.4) is 0 Å². The van der Waals surface area contributed by atoms with Gasteiger partial charge in [-0.05, 0) is 44.2 Å². The van der Waals surface area contributed by atoms with Crippen molar-refractivity contribution in [2.45, 2.75) is 51.1 Å². The Kier molecular flexibility index (Phi) is 5.03. The number of likely N-dealkylation sites (tertiary alicyclic amines) is 1. The fraction of sp³-hybridized carbons (Fsp3) is 0.688. The number of piperidine rings is 1. The summed E-state index contributed by atoms with van der Waals surface area (Å²) in [6.45, 7) is 2.88. The van der Waals surface area contributed by atoms with Crippen LogP contribution in [0.2, 0.25) is 0 Å². The molecule has 0 aromatic carbocycles. The standard InChI is InChI=1S/C16H24N4O3S/c1-2-13-5-3-4-9-20(13)16(21)14-6-7-15(19-18-14)17-12-8-10-24(22,23)11-12/h6-7,12-13H,2-5,8-11H2,1H3,(H,17,19). The lowest BCUT2D eigenvalue weighted by atomic mass is 9.99. The molecule has 0 spiro atoms. The average molecular weight is 352 g/mol. The first-order valence-electron chi connectivity index (χ1n) is 8.60. The number of carbonyl (C=O) groups is 1. The van der Waals surface area contributed by atoms with Crippen molar-refractivity contribution in [2.75, 3.05) is 23.4 Å². The Labute approximate surface area is 142 Å². The lowest BCUT2D eigenvalue weighted by Gasteiger charge is -2.34.